The van der Waals surface area contributed by atoms with Crippen molar-refractivity contribution in [1.29, 1.82) is 0 Å². The Bertz CT molecular complexity index is 574. The third-order valence-electron chi connectivity index (χ3n) is 3.30. The average Bonchev–Trinajstić information content (AvgIpc) is 2.69. The summed E-state index contributed by atoms with van der Waals surface area (Å²) in [5.41, 5.74) is 10.0. The first-order valence-corrected chi connectivity index (χ1v) is 7.55. The second kappa shape index (κ2) is 6.41. The van der Waals surface area contributed by atoms with Crippen LogP contribution in [0.1, 0.15) is 23.9 Å². The molecule has 0 atom stereocenters. The lowest BCUT2D eigenvalue weighted by Gasteiger charge is -2.18. The van der Waals surface area contributed by atoms with Crippen molar-refractivity contribution < 1.29 is 0 Å². The fourth-order valence-electron chi connectivity index (χ4n) is 2.27. The highest BCUT2D eigenvalue weighted by atomic mass is 79.9. The van der Waals surface area contributed by atoms with Crippen LogP contribution in [-0.2, 0) is 19.6 Å². The molecule has 1 heterocycles. The summed E-state index contributed by atoms with van der Waals surface area (Å²) in [5.74, 6) is 0. The Balaban J connectivity index is 2.08. The fourth-order valence-corrected chi connectivity index (χ4v) is 2.68. The van der Waals surface area contributed by atoms with Gasteiger partial charge in [0.1, 0.15) is 0 Å². The lowest BCUT2D eigenvalue weighted by Crippen LogP contribution is -2.20. The summed E-state index contributed by atoms with van der Waals surface area (Å²) >= 11 is 3.64. The van der Waals surface area contributed by atoms with Gasteiger partial charge in [0.2, 0.25) is 0 Å². The summed E-state index contributed by atoms with van der Waals surface area (Å²) < 4.78 is 3.17. The third kappa shape index (κ3) is 3.41. The lowest BCUT2D eigenvalue weighted by atomic mass is 10.2. The second-order valence-electron chi connectivity index (χ2n) is 5.08. The number of hydrogen-bond acceptors (Lipinski definition) is 3. The Hall–Kier alpha value is -1.33. The highest BCUT2D eigenvalue weighted by molar-refractivity contribution is 9.10. The number of rotatable bonds is 5. The van der Waals surface area contributed by atoms with E-state index in [0.717, 1.165) is 35.5 Å². The van der Waals surface area contributed by atoms with Gasteiger partial charge in [0.15, 0.2) is 0 Å². The topological polar surface area (TPSA) is 47.1 Å². The number of benzene rings is 1. The third-order valence-corrected chi connectivity index (χ3v) is 4.34. The maximum atomic E-state index is 5.71. The van der Waals surface area contributed by atoms with Gasteiger partial charge in [-0.3, -0.25) is 9.58 Å². The molecular formula is C15H21BrN4. The van der Waals surface area contributed by atoms with E-state index < -0.39 is 0 Å². The molecule has 0 aliphatic heterocycles. The van der Waals surface area contributed by atoms with E-state index in [1.54, 1.807) is 0 Å². The minimum absolute atomic E-state index is 0.804. The predicted octanol–water partition coefficient (Wildman–Crippen LogP) is 3.19. The molecule has 2 aromatic rings. The van der Waals surface area contributed by atoms with Crippen LogP contribution in [0.15, 0.2) is 28.7 Å². The molecule has 1 aromatic carbocycles. The van der Waals surface area contributed by atoms with Gasteiger partial charge in [-0.15, -0.1) is 0 Å². The number of nitrogens with zero attached hydrogens (tertiary/aromatic N) is 3. The Morgan fingerprint density at radius 3 is 2.50 bits per heavy atom. The first-order chi connectivity index (χ1) is 9.51. The van der Waals surface area contributed by atoms with Gasteiger partial charge in [-0.25, -0.2) is 0 Å². The predicted molar refractivity (Wildman–Crippen MR) is 86.4 cm³/mol. The van der Waals surface area contributed by atoms with Gasteiger partial charge in [0.05, 0.1) is 15.9 Å². The van der Waals surface area contributed by atoms with Gasteiger partial charge >= 0.3 is 0 Å². The molecule has 2 N–H and O–H groups in total. The van der Waals surface area contributed by atoms with Crippen molar-refractivity contribution in [3.63, 3.8) is 0 Å². The molecule has 0 bridgehead atoms. The van der Waals surface area contributed by atoms with Crippen molar-refractivity contribution in [3.05, 3.63) is 45.7 Å². The number of anilines is 1. The monoisotopic (exact) mass is 336 g/mol. The van der Waals surface area contributed by atoms with E-state index in [9.17, 15) is 0 Å². The van der Waals surface area contributed by atoms with Gasteiger partial charge in [0, 0.05) is 25.3 Å². The molecule has 4 nitrogen and oxygen atoms in total. The van der Waals surface area contributed by atoms with Gasteiger partial charge < -0.3 is 5.73 Å². The van der Waals surface area contributed by atoms with Crippen LogP contribution in [0, 0.1) is 6.92 Å². The Labute approximate surface area is 128 Å². The number of hydrogen-bond donors (Lipinski definition) is 1. The Morgan fingerprint density at radius 1 is 1.25 bits per heavy atom. The first-order valence-electron chi connectivity index (χ1n) is 6.76. The zero-order valence-corrected chi connectivity index (χ0v) is 13.8. The molecule has 0 saturated carbocycles. The van der Waals surface area contributed by atoms with Crippen molar-refractivity contribution in [3.8, 4) is 0 Å². The van der Waals surface area contributed by atoms with Crippen molar-refractivity contribution in [2.24, 2.45) is 0 Å². The number of nitrogen functional groups attached to an aromatic ring is 1. The Morgan fingerprint density at radius 2 is 1.90 bits per heavy atom. The quantitative estimate of drug-likeness (QED) is 0.853. The van der Waals surface area contributed by atoms with Crippen LogP contribution in [0.2, 0.25) is 0 Å². The van der Waals surface area contributed by atoms with Crippen LogP contribution in [0.25, 0.3) is 0 Å². The summed E-state index contributed by atoms with van der Waals surface area (Å²) in [6.07, 6.45) is 0. The van der Waals surface area contributed by atoms with E-state index in [1.807, 2.05) is 19.1 Å². The minimum atomic E-state index is 0.804. The molecule has 0 radical (unpaired) electrons. The maximum absolute atomic E-state index is 5.71. The van der Waals surface area contributed by atoms with E-state index in [1.165, 1.54) is 11.3 Å². The van der Waals surface area contributed by atoms with Gasteiger partial charge in [0.25, 0.3) is 0 Å². The lowest BCUT2D eigenvalue weighted by molar-refractivity contribution is 0.307. The second-order valence-corrected chi connectivity index (χ2v) is 5.87. The highest BCUT2D eigenvalue weighted by Crippen LogP contribution is 2.22. The molecule has 0 fully saturated rings. The summed E-state index contributed by atoms with van der Waals surface area (Å²) in [6.45, 7) is 6.78. The van der Waals surface area contributed by atoms with Gasteiger partial charge in [-0.1, -0.05) is 12.1 Å². The van der Waals surface area contributed by atoms with E-state index in [-0.39, 0.29) is 0 Å². The first kappa shape index (κ1) is 15.1. The van der Waals surface area contributed by atoms with Crippen molar-refractivity contribution in [1.82, 2.24) is 14.7 Å². The van der Waals surface area contributed by atoms with Crippen LogP contribution in [0.4, 0.5) is 5.69 Å². The number of nitrogens with two attached hydrogens (primary N) is 1. The normalized spacial score (nSPS) is 11.2. The summed E-state index contributed by atoms with van der Waals surface area (Å²) in [6, 6.07) is 8.03. The fraction of sp³-hybridized carbons (Fsp3) is 0.400. The van der Waals surface area contributed by atoms with Gasteiger partial charge in [-0.05, 0) is 54.5 Å². The van der Waals surface area contributed by atoms with E-state index >= 15 is 0 Å². The Kier molecular flexibility index (Phi) is 4.83. The van der Waals surface area contributed by atoms with Gasteiger partial charge in [-0.2, -0.15) is 5.10 Å². The molecule has 0 amide bonds. The van der Waals surface area contributed by atoms with Crippen molar-refractivity contribution in [2.75, 3.05) is 12.8 Å². The molecule has 0 spiro atoms. The van der Waals surface area contributed by atoms with Crippen LogP contribution < -0.4 is 5.73 Å². The molecule has 0 aliphatic carbocycles. The summed E-state index contributed by atoms with van der Waals surface area (Å²) in [4.78, 5) is 2.28. The molecule has 0 saturated heterocycles. The van der Waals surface area contributed by atoms with E-state index in [0.29, 0.717) is 0 Å². The summed E-state index contributed by atoms with van der Waals surface area (Å²) in [7, 11) is 2.12. The molecule has 20 heavy (non-hydrogen) atoms. The number of halogens is 1. The largest absolute Gasteiger partial charge is 0.399 e. The SMILES string of the molecule is CCn1nc(C)c(Br)c1CN(C)Cc1ccc(N)cc1. The molecular weight excluding hydrogens is 316 g/mol. The number of aromatic nitrogens is 2. The molecule has 2 rings (SSSR count). The zero-order chi connectivity index (χ0) is 14.7. The van der Waals surface area contributed by atoms with Crippen LogP contribution in [-0.4, -0.2) is 21.7 Å². The molecule has 0 aliphatic rings. The zero-order valence-electron chi connectivity index (χ0n) is 12.2. The smallest absolute Gasteiger partial charge is 0.0739 e. The van der Waals surface area contributed by atoms with Crippen molar-refractivity contribution >= 4 is 21.6 Å². The number of aryl methyl sites for hydroxylation is 2. The van der Waals surface area contributed by atoms with Crippen LogP contribution in [0.3, 0.4) is 0 Å². The molecule has 5 heteroatoms. The minimum Gasteiger partial charge on any atom is -0.399 e. The average molecular weight is 337 g/mol. The van der Waals surface area contributed by atoms with E-state index in [2.05, 4.69) is 56.7 Å². The van der Waals surface area contributed by atoms with Crippen LogP contribution >= 0.6 is 15.9 Å². The highest BCUT2D eigenvalue weighted by Gasteiger charge is 2.14. The van der Waals surface area contributed by atoms with E-state index in [4.69, 9.17) is 5.73 Å². The van der Waals surface area contributed by atoms with Crippen LogP contribution in [0.5, 0.6) is 0 Å². The maximum Gasteiger partial charge on any atom is 0.0739 e. The summed E-state index contributed by atoms with van der Waals surface area (Å²) in [5, 5.41) is 4.53. The standard InChI is InChI=1S/C15H21BrN4/c1-4-20-14(15(16)11(2)18-20)10-19(3)9-12-5-7-13(17)8-6-12/h5-8H,4,9-10,17H2,1-3H3. The molecule has 108 valence electrons. The molecule has 1 aromatic heterocycles. The molecule has 0 unspecified atom stereocenters. The van der Waals surface area contributed by atoms with Crippen molar-refractivity contribution in [2.45, 2.75) is 33.5 Å².